The van der Waals surface area contributed by atoms with Crippen molar-refractivity contribution in [3.8, 4) is 0 Å². The van der Waals surface area contributed by atoms with E-state index < -0.39 is 29.8 Å². The standard InChI is InChI=1S/C23H24F2N6O4/c24-17-6-15-20(32)16(23(33)34)9-31(30-11-19(30)25)21(15)27-22(17)29-8-14(7-26)18(10-29)28-35-12-13-4-2-1-3-5-13/h1-6,9,14,19-20,32H,7-8,10-12,26H2,(H,33,34)/b28-18+/t14?,19-,20?,30?/m1/s1. The van der Waals surface area contributed by atoms with Crippen LogP contribution in [0, 0.1) is 11.7 Å². The molecule has 1 aromatic carbocycles. The number of aliphatic hydroxyl groups is 1. The summed E-state index contributed by atoms with van der Waals surface area (Å²) in [5, 5.41) is 26.6. The molecule has 3 aliphatic heterocycles. The second-order valence-corrected chi connectivity index (χ2v) is 8.55. The van der Waals surface area contributed by atoms with Gasteiger partial charge in [0, 0.05) is 30.8 Å². The molecule has 2 saturated heterocycles. The molecule has 0 aliphatic carbocycles. The van der Waals surface area contributed by atoms with Crippen molar-refractivity contribution in [2.45, 2.75) is 19.0 Å². The first kappa shape index (κ1) is 23.1. The van der Waals surface area contributed by atoms with Gasteiger partial charge < -0.3 is 25.7 Å². The van der Waals surface area contributed by atoms with Crippen LogP contribution in [0.25, 0.3) is 0 Å². The van der Waals surface area contributed by atoms with Crippen LogP contribution in [0.1, 0.15) is 17.2 Å². The number of aliphatic carboxylic acids is 1. The van der Waals surface area contributed by atoms with E-state index in [1.165, 1.54) is 10.0 Å². The third-order valence-electron chi connectivity index (χ3n) is 6.19. The second-order valence-electron chi connectivity index (χ2n) is 8.55. The number of benzene rings is 1. The smallest absolute Gasteiger partial charge is 0.336 e. The summed E-state index contributed by atoms with van der Waals surface area (Å²) in [5.74, 6) is -2.30. The van der Waals surface area contributed by atoms with Crippen LogP contribution in [-0.2, 0) is 16.2 Å². The molecule has 0 amide bonds. The summed E-state index contributed by atoms with van der Waals surface area (Å²) in [5.41, 5.74) is 7.05. The first-order valence-electron chi connectivity index (χ1n) is 11.1. The SMILES string of the molecule is NCC1CN(c2nc3c(cc2F)C(O)C(C(=O)O)=CN3N2C[C@@H]2F)C/C1=N\OCc1ccccc1. The van der Waals surface area contributed by atoms with E-state index in [4.69, 9.17) is 10.6 Å². The fourth-order valence-corrected chi connectivity index (χ4v) is 4.22. The van der Waals surface area contributed by atoms with Crippen molar-refractivity contribution in [1.29, 1.82) is 0 Å². The van der Waals surface area contributed by atoms with E-state index in [-0.39, 0.29) is 49.4 Å². The minimum atomic E-state index is -1.60. The topological polar surface area (TPSA) is 128 Å². The van der Waals surface area contributed by atoms with E-state index >= 15 is 4.39 Å². The molecule has 0 radical (unpaired) electrons. The second kappa shape index (κ2) is 9.21. The van der Waals surface area contributed by atoms with Gasteiger partial charge in [0.1, 0.15) is 12.7 Å². The summed E-state index contributed by atoms with van der Waals surface area (Å²) in [4.78, 5) is 23.1. The Hall–Kier alpha value is -3.61. The highest BCUT2D eigenvalue weighted by Crippen LogP contribution is 2.41. The molecule has 3 aliphatic rings. The van der Waals surface area contributed by atoms with E-state index in [2.05, 4.69) is 10.1 Å². The molecular weight excluding hydrogens is 462 g/mol. The molecule has 12 heteroatoms. The number of carbonyl (C=O) groups is 1. The van der Waals surface area contributed by atoms with Gasteiger partial charge in [-0.15, -0.1) is 0 Å². The van der Waals surface area contributed by atoms with Gasteiger partial charge in [-0.25, -0.2) is 18.6 Å². The molecule has 4 atom stereocenters. The Morgan fingerprint density at radius 1 is 1.26 bits per heavy atom. The zero-order chi connectivity index (χ0) is 24.7. The van der Waals surface area contributed by atoms with Crippen molar-refractivity contribution in [3.05, 3.63) is 65.1 Å². The van der Waals surface area contributed by atoms with Crippen LogP contribution < -0.4 is 15.6 Å². The average molecular weight is 486 g/mol. The third kappa shape index (κ3) is 4.43. The summed E-state index contributed by atoms with van der Waals surface area (Å²) in [6, 6.07) is 10.6. The van der Waals surface area contributed by atoms with E-state index in [0.29, 0.717) is 12.3 Å². The minimum Gasteiger partial charge on any atom is -0.478 e. The van der Waals surface area contributed by atoms with E-state index in [1.54, 1.807) is 4.90 Å². The number of rotatable bonds is 7. The Kier molecular flexibility index (Phi) is 6.09. The predicted molar refractivity (Wildman–Crippen MR) is 122 cm³/mol. The number of oxime groups is 1. The van der Waals surface area contributed by atoms with Crippen LogP contribution in [0.4, 0.5) is 20.4 Å². The van der Waals surface area contributed by atoms with Crippen LogP contribution in [0.2, 0.25) is 0 Å². The molecule has 0 spiro atoms. The highest BCUT2D eigenvalue weighted by atomic mass is 19.1. The molecule has 10 nitrogen and oxygen atoms in total. The van der Waals surface area contributed by atoms with Crippen LogP contribution >= 0.6 is 0 Å². The molecule has 2 fully saturated rings. The van der Waals surface area contributed by atoms with Crippen LogP contribution in [0.15, 0.2) is 53.3 Å². The Balaban J connectivity index is 1.41. The van der Waals surface area contributed by atoms with Crippen molar-refractivity contribution in [1.82, 2.24) is 9.99 Å². The molecule has 184 valence electrons. The number of anilines is 2. The highest BCUT2D eigenvalue weighted by Gasteiger charge is 2.44. The Labute approximate surface area is 199 Å². The molecular formula is C23H24F2N6O4. The molecule has 35 heavy (non-hydrogen) atoms. The predicted octanol–water partition coefficient (Wildman–Crippen LogP) is 1.54. The van der Waals surface area contributed by atoms with Gasteiger partial charge in [0.2, 0.25) is 0 Å². The van der Waals surface area contributed by atoms with Gasteiger partial charge in [-0.2, -0.15) is 5.01 Å². The van der Waals surface area contributed by atoms with Gasteiger partial charge >= 0.3 is 5.97 Å². The van der Waals surface area contributed by atoms with Gasteiger partial charge in [-0.3, -0.25) is 5.01 Å². The summed E-state index contributed by atoms with van der Waals surface area (Å²) in [6.07, 6.45) is -1.82. The maximum Gasteiger partial charge on any atom is 0.336 e. The molecule has 4 heterocycles. The summed E-state index contributed by atoms with van der Waals surface area (Å²) >= 11 is 0. The van der Waals surface area contributed by atoms with E-state index in [0.717, 1.165) is 17.8 Å². The number of carboxylic acid groups (broad SMARTS) is 1. The number of hydrazine groups is 1. The van der Waals surface area contributed by atoms with Gasteiger partial charge in [0.15, 0.2) is 23.7 Å². The lowest BCUT2D eigenvalue weighted by Crippen LogP contribution is -2.34. The molecule has 1 aromatic heterocycles. The van der Waals surface area contributed by atoms with Crippen molar-refractivity contribution in [2.24, 2.45) is 16.8 Å². The average Bonchev–Trinajstić information content (AvgIpc) is 3.43. The fourth-order valence-electron chi connectivity index (χ4n) is 4.22. The lowest BCUT2D eigenvalue weighted by Gasteiger charge is -2.31. The van der Waals surface area contributed by atoms with Gasteiger partial charge in [0.05, 0.1) is 24.4 Å². The fraction of sp³-hybridized carbons (Fsp3) is 0.348. The number of carboxylic acids is 1. The van der Waals surface area contributed by atoms with Crippen molar-refractivity contribution < 1.29 is 28.6 Å². The first-order valence-corrected chi connectivity index (χ1v) is 11.1. The summed E-state index contributed by atoms with van der Waals surface area (Å²) in [6.45, 7) is 1.12. The Morgan fingerprint density at radius 3 is 2.66 bits per heavy atom. The minimum absolute atomic E-state index is 0.0296. The van der Waals surface area contributed by atoms with Gasteiger partial charge in [-0.05, 0) is 11.6 Å². The number of fused-ring (bicyclic) bond motifs is 1. The maximum absolute atomic E-state index is 15.2. The summed E-state index contributed by atoms with van der Waals surface area (Å²) < 4.78 is 29.0. The Bertz CT molecular complexity index is 1190. The number of aromatic nitrogens is 1. The molecule has 4 N–H and O–H groups in total. The quantitative estimate of drug-likeness (QED) is 0.303. The molecule has 3 unspecified atom stereocenters. The molecule has 0 bridgehead atoms. The van der Waals surface area contributed by atoms with Gasteiger partial charge in [-0.1, -0.05) is 35.5 Å². The number of nitrogens with two attached hydrogens (primary N) is 1. The van der Waals surface area contributed by atoms with Crippen LogP contribution in [0.3, 0.4) is 0 Å². The van der Waals surface area contributed by atoms with Crippen LogP contribution in [-0.4, -0.2) is 64.4 Å². The summed E-state index contributed by atoms with van der Waals surface area (Å²) in [7, 11) is 0. The lowest BCUT2D eigenvalue weighted by molar-refractivity contribution is -0.133. The maximum atomic E-state index is 15.2. The number of aliphatic hydroxyl groups excluding tert-OH is 1. The first-order chi connectivity index (χ1) is 16.9. The molecule has 5 rings (SSSR count). The number of alkyl halides is 1. The zero-order valence-corrected chi connectivity index (χ0v) is 18.6. The monoisotopic (exact) mass is 486 g/mol. The van der Waals surface area contributed by atoms with E-state index in [9.17, 15) is 19.4 Å². The molecule has 0 saturated carbocycles. The van der Waals surface area contributed by atoms with Crippen molar-refractivity contribution in [3.63, 3.8) is 0 Å². The largest absolute Gasteiger partial charge is 0.478 e. The number of nitrogens with zero attached hydrogens (tertiary/aromatic N) is 5. The highest BCUT2D eigenvalue weighted by molar-refractivity contribution is 5.94. The number of hydrogen-bond acceptors (Lipinski definition) is 9. The number of pyridine rings is 1. The van der Waals surface area contributed by atoms with Gasteiger partial charge in [0.25, 0.3) is 0 Å². The van der Waals surface area contributed by atoms with Crippen LogP contribution in [0.5, 0.6) is 0 Å². The van der Waals surface area contributed by atoms with Crippen molar-refractivity contribution >= 4 is 23.3 Å². The van der Waals surface area contributed by atoms with E-state index in [1.807, 2.05) is 30.3 Å². The number of halogens is 2. The molecule has 2 aromatic rings. The van der Waals surface area contributed by atoms with Crippen molar-refractivity contribution in [2.75, 3.05) is 36.1 Å². The Morgan fingerprint density at radius 2 is 2.00 bits per heavy atom. The zero-order valence-electron chi connectivity index (χ0n) is 18.6. The lowest BCUT2D eigenvalue weighted by atomic mass is 9.99. The number of hydrogen-bond donors (Lipinski definition) is 3. The third-order valence-corrected chi connectivity index (χ3v) is 6.19. The normalized spacial score (nSPS) is 26.5.